The molecular weight excluding hydrogens is 310 g/mol. The van der Waals surface area contributed by atoms with E-state index in [9.17, 15) is 9.59 Å². The van der Waals surface area contributed by atoms with Gasteiger partial charge in [0.2, 0.25) is 5.88 Å². The third-order valence-electron chi connectivity index (χ3n) is 3.65. The van der Waals surface area contributed by atoms with Crippen molar-refractivity contribution in [2.45, 2.75) is 26.4 Å². The molecule has 0 aromatic carbocycles. The van der Waals surface area contributed by atoms with E-state index in [1.54, 1.807) is 16.8 Å². The first kappa shape index (κ1) is 15.9. The van der Waals surface area contributed by atoms with Gasteiger partial charge in [0, 0.05) is 12.2 Å². The Labute approximate surface area is 137 Å². The molecule has 0 saturated heterocycles. The second-order valence-corrected chi connectivity index (χ2v) is 5.58. The van der Waals surface area contributed by atoms with E-state index >= 15 is 0 Å². The highest BCUT2D eigenvalue weighted by molar-refractivity contribution is 5.98. The number of fused-ring (bicyclic) bond motifs is 1. The molecule has 24 heavy (non-hydrogen) atoms. The van der Waals surface area contributed by atoms with Gasteiger partial charge in [-0.15, -0.1) is 0 Å². The first-order valence-electron chi connectivity index (χ1n) is 7.47. The van der Waals surface area contributed by atoms with Crippen LogP contribution in [0.25, 0.3) is 11.0 Å². The molecule has 0 radical (unpaired) electrons. The molecule has 0 amide bonds. The minimum atomic E-state index is -0.303. The molecule has 0 saturated carbocycles. The summed E-state index contributed by atoms with van der Waals surface area (Å²) >= 11 is 0. The van der Waals surface area contributed by atoms with Gasteiger partial charge in [-0.05, 0) is 26.0 Å². The average Bonchev–Trinajstić information content (AvgIpc) is 3.02. The minimum absolute atomic E-state index is 0.0894. The molecule has 8 heteroatoms. The molecule has 0 aliphatic heterocycles. The lowest BCUT2D eigenvalue weighted by Crippen LogP contribution is -2.25. The van der Waals surface area contributed by atoms with Crippen molar-refractivity contribution in [3.05, 3.63) is 46.8 Å². The second-order valence-electron chi connectivity index (χ2n) is 5.58. The van der Waals surface area contributed by atoms with E-state index in [1.807, 2.05) is 13.8 Å². The molecule has 0 bridgehead atoms. The smallest absolute Gasteiger partial charge is 0.264 e. The van der Waals surface area contributed by atoms with Crippen molar-refractivity contribution in [3.8, 4) is 5.88 Å². The van der Waals surface area contributed by atoms with Crippen LogP contribution in [0, 0.1) is 0 Å². The van der Waals surface area contributed by atoms with Crippen LogP contribution in [0.4, 0.5) is 0 Å². The highest BCUT2D eigenvalue weighted by atomic mass is 16.5. The van der Waals surface area contributed by atoms with E-state index < -0.39 is 0 Å². The molecule has 3 aromatic heterocycles. The first-order valence-corrected chi connectivity index (χ1v) is 7.47. The second kappa shape index (κ2) is 6.23. The van der Waals surface area contributed by atoms with Crippen LogP contribution >= 0.6 is 0 Å². The largest absolute Gasteiger partial charge is 0.480 e. The van der Waals surface area contributed by atoms with E-state index in [-0.39, 0.29) is 29.8 Å². The number of aromatic nitrogens is 5. The Hall–Kier alpha value is -3.03. The zero-order valence-corrected chi connectivity index (χ0v) is 13.6. The van der Waals surface area contributed by atoms with Crippen molar-refractivity contribution < 1.29 is 9.53 Å². The lowest BCUT2D eigenvalue weighted by molar-refractivity contribution is 0.0967. The zero-order valence-electron chi connectivity index (χ0n) is 13.6. The van der Waals surface area contributed by atoms with Crippen LogP contribution in [0.3, 0.4) is 0 Å². The van der Waals surface area contributed by atoms with Crippen molar-refractivity contribution >= 4 is 16.8 Å². The van der Waals surface area contributed by atoms with E-state index in [4.69, 9.17) is 4.74 Å². The Morgan fingerprint density at radius 1 is 1.33 bits per heavy atom. The Morgan fingerprint density at radius 3 is 2.83 bits per heavy atom. The van der Waals surface area contributed by atoms with Crippen molar-refractivity contribution in [2.75, 3.05) is 7.11 Å². The summed E-state index contributed by atoms with van der Waals surface area (Å²) in [5.74, 6) is -0.0448. The first-order chi connectivity index (χ1) is 11.5. The van der Waals surface area contributed by atoms with Gasteiger partial charge in [-0.3, -0.25) is 14.2 Å². The molecule has 8 nitrogen and oxygen atoms in total. The lowest BCUT2D eigenvalue weighted by Gasteiger charge is -2.09. The maximum Gasteiger partial charge on any atom is 0.264 e. The molecule has 3 heterocycles. The number of pyridine rings is 1. The number of nitrogens with zero attached hydrogens (tertiary/aromatic N) is 5. The number of rotatable bonds is 5. The number of carbonyl (C=O) groups is 1. The third-order valence-corrected chi connectivity index (χ3v) is 3.65. The van der Waals surface area contributed by atoms with Gasteiger partial charge in [-0.25, -0.2) is 14.6 Å². The minimum Gasteiger partial charge on any atom is -0.480 e. The van der Waals surface area contributed by atoms with E-state index in [0.29, 0.717) is 16.6 Å². The third kappa shape index (κ3) is 2.66. The number of ether oxygens (including phenoxy) is 1. The van der Waals surface area contributed by atoms with Crippen LogP contribution in [0.5, 0.6) is 5.88 Å². The van der Waals surface area contributed by atoms with Crippen LogP contribution in [0.2, 0.25) is 0 Å². The number of ketones is 1. The molecular formula is C16H17N5O3. The van der Waals surface area contributed by atoms with Gasteiger partial charge in [-0.2, -0.15) is 5.10 Å². The fourth-order valence-corrected chi connectivity index (χ4v) is 2.46. The Bertz CT molecular complexity index is 958. The Morgan fingerprint density at radius 2 is 2.12 bits per heavy atom. The predicted molar refractivity (Wildman–Crippen MR) is 87.3 cm³/mol. The Kier molecular flexibility index (Phi) is 4.11. The zero-order chi connectivity index (χ0) is 17.3. The fraction of sp³-hybridized carbons (Fsp3) is 0.312. The van der Waals surface area contributed by atoms with Gasteiger partial charge in [0.1, 0.15) is 11.7 Å². The average molecular weight is 327 g/mol. The molecule has 0 atom stereocenters. The summed E-state index contributed by atoms with van der Waals surface area (Å²) in [6.45, 7) is 3.77. The van der Waals surface area contributed by atoms with E-state index in [1.165, 1.54) is 30.4 Å². The standard InChI is InChI=1S/C16H17N5O3/c1-10(2)21-14-12(7-19-21)16(23)20(9-18-14)8-13(22)11-5-4-6-17-15(11)24-3/h4-7,9-10H,8H2,1-3H3. The monoisotopic (exact) mass is 327 g/mol. The maximum atomic E-state index is 12.6. The van der Waals surface area contributed by atoms with Crippen molar-refractivity contribution in [2.24, 2.45) is 0 Å². The van der Waals surface area contributed by atoms with Gasteiger partial charge in [0.05, 0.1) is 25.4 Å². The molecule has 3 rings (SSSR count). The number of Topliss-reactive ketones (excluding diaryl/α,β-unsaturated/α-hetero) is 1. The van der Waals surface area contributed by atoms with Crippen LogP contribution in [-0.2, 0) is 6.54 Å². The highest BCUT2D eigenvalue weighted by Crippen LogP contribution is 2.15. The van der Waals surface area contributed by atoms with Crippen LogP contribution < -0.4 is 10.3 Å². The topological polar surface area (TPSA) is 91.9 Å². The van der Waals surface area contributed by atoms with Crippen molar-refractivity contribution in [3.63, 3.8) is 0 Å². The molecule has 124 valence electrons. The van der Waals surface area contributed by atoms with Gasteiger partial charge in [-0.1, -0.05) is 0 Å². The summed E-state index contributed by atoms with van der Waals surface area (Å²) in [6, 6.07) is 3.35. The molecule has 0 aliphatic rings. The summed E-state index contributed by atoms with van der Waals surface area (Å²) in [5, 5.41) is 4.57. The van der Waals surface area contributed by atoms with Gasteiger partial charge >= 0.3 is 0 Å². The number of methoxy groups -OCH3 is 1. The summed E-state index contributed by atoms with van der Waals surface area (Å²) in [6.07, 6.45) is 4.39. The summed E-state index contributed by atoms with van der Waals surface area (Å²) < 4.78 is 8.03. The molecule has 0 aliphatic carbocycles. The molecule has 0 spiro atoms. The lowest BCUT2D eigenvalue weighted by atomic mass is 10.2. The normalized spacial score (nSPS) is 11.2. The molecule has 3 aromatic rings. The van der Waals surface area contributed by atoms with E-state index in [2.05, 4.69) is 15.1 Å². The quantitative estimate of drug-likeness (QED) is 0.659. The highest BCUT2D eigenvalue weighted by Gasteiger charge is 2.17. The van der Waals surface area contributed by atoms with Crippen LogP contribution in [0.1, 0.15) is 30.2 Å². The number of carbonyl (C=O) groups excluding carboxylic acids is 1. The van der Waals surface area contributed by atoms with Crippen molar-refractivity contribution in [1.82, 2.24) is 24.3 Å². The molecule has 0 fully saturated rings. The van der Waals surface area contributed by atoms with Gasteiger partial charge < -0.3 is 4.74 Å². The Balaban J connectivity index is 1.97. The van der Waals surface area contributed by atoms with Crippen molar-refractivity contribution in [1.29, 1.82) is 0 Å². The predicted octanol–water partition coefficient (Wildman–Crippen LogP) is 1.46. The van der Waals surface area contributed by atoms with E-state index in [0.717, 1.165) is 0 Å². The molecule has 0 N–H and O–H groups in total. The van der Waals surface area contributed by atoms with Crippen LogP contribution in [-0.4, -0.2) is 37.2 Å². The summed E-state index contributed by atoms with van der Waals surface area (Å²) in [7, 11) is 1.44. The summed E-state index contributed by atoms with van der Waals surface area (Å²) in [4.78, 5) is 33.3. The fourth-order valence-electron chi connectivity index (χ4n) is 2.46. The number of hydrogen-bond donors (Lipinski definition) is 0. The van der Waals surface area contributed by atoms with Crippen LogP contribution in [0.15, 0.2) is 35.6 Å². The summed E-state index contributed by atoms with van der Waals surface area (Å²) in [5.41, 5.74) is 0.533. The number of hydrogen-bond acceptors (Lipinski definition) is 6. The van der Waals surface area contributed by atoms with Gasteiger partial charge in [0.15, 0.2) is 11.4 Å². The molecule has 0 unspecified atom stereocenters. The van der Waals surface area contributed by atoms with Gasteiger partial charge in [0.25, 0.3) is 5.56 Å². The SMILES string of the molecule is COc1ncccc1C(=O)Cn1cnc2c(cnn2C(C)C)c1=O. The maximum absolute atomic E-state index is 12.6.